The van der Waals surface area contributed by atoms with Gasteiger partial charge in [-0.05, 0) is 67.7 Å². The minimum atomic E-state index is -0.108. The molecule has 0 bridgehead atoms. The number of nitrogens with two attached hydrogens (primary N) is 1. The van der Waals surface area contributed by atoms with Crippen molar-refractivity contribution < 1.29 is 4.39 Å². The molecule has 112 valence electrons. The molecule has 1 saturated carbocycles. The van der Waals surface area contributed by atoms with Crippen LogP contribution in [0.25, 0.3) is 0 Å². The van der Waals surface area contributed by atoms with Gasteiger partial charge < -0.3 is 5.73 Å². The van der Waals surface area contributed by atoms with Crippen LogP contribution in [0.3, 0.4) is 0 Å². The second kappa shape index (κ2) is 7.04. The Kier molecular flexibility index (Phi) is 5.62. The lowest BCUT2D eigenvalue weighted by Crippen LogP contribution is -2.37. The summed E-state index contributed by atoms with van der Waals surface area (Å²) < 4.78 is 14.8. The van der Waals surface area contributed by atoms with Crippen LogP contribution in [0.1, 0.15) is 51.0 Å². The summed E-state index contributed by atoms with van der Waals surface area (Å²) in [5, 5.41) is 0. The normalized spacial score (nSPS) is 26.7. The summed E-state index contributed by atoms with van der Waals surface area (Å²) in [5.41, 5.74) is 6.98. The van der Waals surface area contributed by atoms with Crippen molar-refractivity contribution in [1.82, 2.24) is 0 Å². The maximum absolute atomic E-state index is 14.0. The van der Waals surface area contributed by atoms with Gasteiger partial charge in [0.25, 0.3) is 0 Å². The summed E-state index contributed by atoms with van der Waals surface area (Å²) in [6.45, 7) is 2.92. The average Bonchev–Trinajstić information content (AvgIpc) is 2.45. The summed E-state index contributed by atoms with van der Waals surface area (Å²) in [4.78, 5) is 0. The number of rotatable bonds is 5. The molecule has 20 heavy (non-hydrogen) atoms. The van der Waals surface area contributed by atoms with Crippen molar-refractivity contribution in [2.24, 2.45) is 17.1 Å². The highest BCUT2D eigenvalue weighted by molar-refractivity contribution is 9.10. The monoisotopic (exact) mass is 341 g/mol. The van der Waals surface area contributed by atoms with Gasteiger partial charge in [-0.1, -0.05) is 41.8 Å². The van der Waals surface area contributed by atoms with E-state index in [-0.39, 0.29) is 11.2 Å². The fourth-order valence-corrected chi connectivity index (χ4v) is 3.84. The molecule has 0 saturated heterocycles. The van der Waals surface area contributed by atoms with E-state index in [0.29, 0.717) is 6.54 Å². The van der Waals surface area contributed by atoms with E-state index in [0.717, 1.165) is 35.2 Å². The zero-order valence-electron chi connectivity index (χ0n) is 12.3. The van der Waals surface area contributed by atoms with Crippen molar-refractivity contribution in [3.05, 3.63) is 34.1 Å². The van der Waals surface area contributed by atoms with E-state index in [9.17, 15) is 4.39 Å². The summed E-state index contributed by atoms with van der Waals surface area (Å²) in [7, 11) is 0. The third-order valence-electron chi connectivity index (χ3n) is 4.88. The third-order valence-corrected chi connectivity index (χ3v) is 5.37. The largest absolute Gasteiger partial charge is 0.330 e. The Morgan fingerprint density at radius 3 is 2.60 bits per heavy atom. The molecule has 0 radical (unpaired) electrons. The Hall–Kier alpha value is -0.410. The molecule has 0 aromatic heterocycles. The molecule has 2 rings (SSSR count). The Bertz CT molecular complexity index is 439. The van der Waals surface area contributed by atoms with Crippen LogP contribution in [-0.4, -0.2) is 6.54 Å². The molecule has 0 heterocycles. The first-order chi connectivity index (χ1) is 9.58. The van der Waals surface area contributed by atoms with E-state index in [1.807, 2.05) is 12.1 Å². The van der Waals surface area contributed by atoms with Crippen molar-refractivity contribution in [3.8, 4) is 0 Å². The molecule has 0 spiro atoms. The van der Waals surface area contributed by atoms with E-state index in [4.69, 9.17) is 5.73 Å². The first kappa shape index (κ1) is 16.0. The van der Waals surface area contributed by atoms with Gasteiger partial charge in [0, 0.05) is 4.47 Å². The van der Waals surface area contributed by atoms with E-state index in [2.05, 4.69) is 22.9 Å². The maximum atomic E-state index is 14.0. The molecule has 3 heteroatoms. The minimum absolute atomic E-state index is 0.108. The fourth-order valence-electron chi connectivity index (χ4n) is 3.51. The van der Waals surface area contributed by atoms with Gasteiger partial charge in [-0.2, -0.15) is 0 Å². The highest BCUT2D eigenvalue weighted by atomic mass is 79.9. The number of hydrogen-bond acceptors (Lipinski definition) is 1. The first-order valence-electron chi connectivity index (χ1n) is 7.72. The van der Waals surface area contributed by atoms with Gasteiger partial charge in [-0.25, -0.2) is 4.39 Å². The molecule has 1 aliphatic rings. The van der Waals surface area contributed by atoms with E-state index in [1.54, 1.807) is 6.07 Å². The molecule has 0 unspecified atom stereocenters. The Labute approximate surface area is 130 Å². The number of halogens is 2. The van der Waals surface area contributed by atoms with Crippen LogP contribution in [0.15, 0.2) is 22.7 Å². The van der Waals surface area contributed by atoms with Crippen molar-refractivity contribution in [2.75, 3.05) is 6.54 Å². The lowest BCUT2D eigenvalue weighted by Gasteiger charge is -2.40. The molecule has 1 aliphatic carbocycles. The van der Waals surface area contributed by atoms with Crippen LogP contribution in [0.4, 0.5) is 4.39 Å². The van der Waals surface area contributed by atoms with Gasteiger partial charge in [-0.15, -0.1) is 0 Å². The summed E-state index contributed by atoms with van der Waals surface area (Å²) >= 11 is 3.31. The van der Waals surface area contributed by atoms with Crippen LogP contribution in [-0.2, 0) is 6.42 Å². The second-order valence-electron chi connectivity index (χ2n) is 6.35. The second-order valence-corrected chi connectivity index (χ2v) is 7.26. The van der Waals surface area contributed by atoms with Gasteiger partial charge in [-0.3, -0.25) is 0 Å². The zero-order valence-corrected chi connectivity index (χ0v) is 13.9. The van der Waals surface area contributed by atoms with Gasteiger partial charge in [0.2, 0.25) is 0 Å². The van der Waals surface area contributed by atoms with Crippen molar-refractivity contribution in [3.63, 3.8) is 0 Å². The molecular weight excluding hydrogens is 317 g/mol. The lowest BCUT2D eigenvalue weighted by molar-refractivity contribution is 0.149. The van der Waals surface area contributed by atoms with Gasteiger partial charge in [0.15, 0.2) is 0 Å². The van der Waals surface area contributed by atoms with Gasteiger partial charge >= 0.3 is 0 Å². The average molecular weight is 342 g/mol. The Morgan fingerprint density at radius 1 is 1.35 bits per heavy atom. The molecule has 1 fully saturated rings. The van der Waals surface area contributed by atoms with Crippen molar-refractivity contribution in [2.45, 2.75) is 51.9 Å². The van der Waals surface area contributed by atoms with Gasteiger partial charge in [0.05, 0.1) is 0 Å². The SMILES string of the molecule is CCCC1CCC(CN)(Cc2ccc(Br)cc2F)CC1. The molecule has 1 nitrogen and oxygen atoms in total. The molecule has 1 aromatic rings. The summed E-state index contributed by atoms with van der Waals surface area (Å²) in [5.74, 6) is 0.748. The molecular formula is C17H25BrFN. The van der Waals surface area contributed by atoms with Crippen LogP contribution in [0.2, 0.25) is 0 Å². The number of benzene rings is 1. The lowest BCUT2D eigenvalue weighted by atomic mass is 9.67. The highest BCUT2D eigenvalue weighted by Crippen LogP contribution is 2.42. The minimum Gasteiger partial charge on any atom is -0.330 e. The molecule has 2 N–H and O–H groups in total. The molecule has 1 aromatic carbocycles. The van der Waals surface area contributed by atoms with Crippen LogP contribution in [0, 0.1) is 17.2 Å². The fraction of sp³-hybridized carbons (Fsp3) is 0.647. The van der Waals surface area contributed by atoms with Gasteiger partial charge in [0.1, 0.15) is 5.82 Å². The topological polar surface area (TPSA) is 26.0 Å². The van der Waals surface area contributed by atoms with Crippen molar-refractivity contribution in [1.29, 1.82) is 0 Å². The summed E-state index contributed by atoms with van der Waals surface area (Å²) in [6, 6.07) is 5.38. The van der Waals surface area contributed by atoms with Crippen LogP contribution < -0.4 is 5.73 Å². The molecule has 0 atom stereocenters. The highest BCUT2D eigenvalue weighted by Gasteiger charge is 2.34. The molecule has 0 amide bonds. The maximum Gasteiger partial charge on any atom is 0.127 e. The van der Waals surface area contributed by atoms with E-state index >= 15 is 0 Å². The van der Waals surface area contributed by atoms with E-state index < -0.39 is 0 Å². The predicted octanol–water partition coefficient (Wildman–Crippen LogP) is 5.07. The standard InChI is InChI=1S/C17H25BrFN/c1-2-3-13-6-8-17(12-20,9-7-13)11-14-4-5-15(18)10-16(14)19/h4-5,10,13H,2-3,6-9,11-12,20H2,1H3. The summed E-state index contributed by atoms with van der Waals surface area (Å²) in [6.07, 6.45) is 8.16. The quantitative estimate of drug-likeness (QED) is 0.795. The Balaban J connectivity index is 2.05. The van der Waals surface area contributed by atoms with Crippen molar-refractivity contribution >= 4 is 15.9 Å². The predicted molar refractivity (Wildman–Crippen MR) is 86.2 cm³/mol. The Morgan fingerprint density at radius 2 is 2.05 bits per heavy atom. The van der Waals surface area contributed by atoms with Crippen LogP contribution in [0.5, 0.6) is 0 Å². The molecule has 0 aliphatic heterocycles. The first-order valence-corrected chi connectivity index (χ1v) is 8.52. The van der Waals surface area contributed by atoms with E-state index in [1.165, 1.54) is 25.7 Å². The third kappa shape index (κ3) is 3.82. The zero-order chi connectivity index (χ0) is 14.6. The smallest absolute Gasteiger partial charge is 0.127 e. The van der Waals surface area contributed by atoms with Crippen LogP contribution >= 0.6 is 15.9 Å². The number of hydrogen-bond donors (Lipinski definition) is 1.